The lowest BCUT2D eigenvalue weighted by atomic mass is 10.2. The number of nitrogens with one attached hydrogen (secondary N) is 1. The largest absolute Gasteiger partial charge is 0.321 e. The predicted octanol–water partition coefficient (Wildman–Crippen LogP) is 4.17. The van der Waals surface area contributed by atoms with Gasteiger partial charge in [0.2, 0.25) is 10.0 Å². The van der Waals surface area contributed by atoms with Crippen molar-refractivity contribution in [1.82, 2.24) is 4.31 Å². The van der Waals surface area contributed by atoms with Crippen LogP contribution in [0.25, 0.3) is 0 Å². The van der Waals surface area contributed by atoms with Gasteiger partial charge in [-0.2, -0.15) is 4.31 Å². The zero-order valence-electron chi connectivity index (χ0n) is 13.5. The highest BCUT2D eigenvalue weighted by molar-refractivity contribution is 7.89. The van der Waals surface area contributed by atoms with E-state index in [2.05, 4.69) is 5.32 Å². The fourth-order valence-corrected chi connectivity index (χ4v) is 4.76. The molecule has 0 aliphatic carbocycles. The molecule has 1 fully saturated rings. The summed E-state index contributed by atoms with van der Waals surface area (Å²) in [6, 6.07) is 7.78. The fraction of sp³-hybridized carbons (Fsp3) is 0.235. The van der Waals surface area contributed by atoms with Crippen LogP contribution in [0.2, 0.25) is 10.0 Å². The summed E-state index contributed by atoms with van der Waals surface area (Å²) in [7, 11) is -3.98. The van der Waals surface area contributed by atoms with E-state index in [0.29, 0.717) is 23.8 Å². The Kier molecular flexibility index (Phi) is 5.53. The van der Waals surface area contributed by atoms with Crippen molar-refractivity contribution < 1.29 is 17.6 Å². The third-order valence-electron chi connectivity index (χ3n) is 4.06. The Morgan fingerprint density at radius 3 is 2.42 bits per heavy atom. The van der Waals surface area contributed by atoms with Gasteiger partial charge < -0.3 is 5.32 Å². The SMILES string of the molecule is O=C(Nc1ccc(Cl)cc1Cl)c1ccc(F)c(S(=O)(=O)N2CCCC2)c1. The molecule has 1 N–H and O–H groups in total. The van der Waals surface area contributed by atoms with Crippen LogP contribution in [0.1, 0.15) is 23.2 Å². The van der Waals surface area contributed by atoms with Gasteiger partial charge in [-0.15, -0.1) is 0 Å². The number of hydrogen-bond acceptors (Lipinski definition) is 3. The average molecular weight is 417 g/mol. The number of anilines is 1. The minimum absolute atomic E-state index is 0.00943. The molecule has 1 aliphatic rings. The molecule has 0 unspecified atom stereocenters. The maximum atomic E-state index is 14.1. The third-order valence-corrected chi connectivity index (χ3v) is 6.52. The zero-order valence-corrected chi connectivity index (χ0v) is 15.8. The topological polar surface area (TPSA) is 66.5 Å². The molecule has 0 aromatic heterocycles. The molecule has 1 amide bonds. The first kappa shape index (κ1) is 19.1. The van der Waals surface area contributed by atoms with Crippen LogP contribution in [-0.4, -0.2) is 31.7 Å². The van der Waals surface area contributed by atoms with Crippen molar-refractivity contribution in [3.8, 4) is 0 Å². The van der Waals surface area contributed by atoms with Gasteiger partial charge >= 0.3 is 0 Å². The first-order chi connectivity index (χ1) is 12.3. The van der Waals surface area contributed by atoms with Crippen LogP contribution >= 0.6 is 23.2 Å². The molecule has 2 aromatic carbocycles. The monoisotopic (exact) mass is 416 g/mol. The summed E-state index contributed by atoms with van der Waals surface area (Å²) in [6.45, 7) is 0.692. The number of carbonyl (C=O) groups excluding carboxylic acids is 1. The number of halogens is 3. The van der Waals surface area contributed by atoms with E-state index in [0.717, 1.165) is 25.0 Å². The molecular formula is C17H15Cl2FN2O3S. The molecular weight excluding hydrogens is 402 g/mol. The number of rotatable bonds is 4. The molecule has 9 heteroatoms. The van der Waals surface area contributed by atoms with Crippen molar-refractivity contribution in [2.45, 2.75) is 17.7 Å². The minimum atomic E-state index is -3.98. The lowest BCUT2D eigenvalue weighted by Gasteiger charge is -2.16. The molecule has 138 valence electrons. The standard InChI is InChI=1S/C17H15Cl2FN2O3S/c18-12-4-6-15(13(19)10-12)21-17(23)11-3-5-14(20)16(9-11)26(24,25)22-7-1-2-8-22/h3-6,9-10H,1-2,7-8H2,(H,21,23). The van der Waals surface area contributed by atoms with Gasteiger partial charge in [-0.05, 0) is 49.2 Å². The quantitative estimate of drug-likeness (QED) is 0.812. The van der Waals surface area contributed by atoms with Gasteiger partial charge in [-0.3, -0.25) is 4.79 Å². The smallest absolute Gasteiger partial charge is 0.255 e. The predicted molar refractivity (Wildman–Crippen MR) is 98.8 cm³/mol. The third kappa shape index (κ3) is 3.86. The Labute approximate surface area is 160 Å². The molecule has 0 bridgehead atoms. The summed E-state index contributed by atoms with van der Waals surface area (Å²) in [5, 5.41) is 3.21. The van der Waals surface area contributed by atoms with Crippen LogP contribution in [0.3, 0.4) is 0 Å². The summed E-state index contributed by atoms with van der Waals surface area (Å²) in [5.41, 5.74) is 0.324. The van der Waals surface area contributed by atoms with Gasteiger partial charge in [0.15, 0.2) is 0 Å². The van der Waals surface area contributed by atoms with E-state index in [-0.39, 0.29) is 10.6 Å². The molecule has 1 heterocycles. The lowest BCUT2D eigenvalue weighted by molar-refractivity contribution is 0.102. The van der Waals surface area contributed by atoms with Gasteiger partial charge in [0.1, 0.15) is 10.7 Å². The summed E-state index contributed by atoms with van der Waals surface area (Å²) in [5.74, 6) is -1.50. The van der Waals surface area contributed by atoms with E-state index in [1.807, 2.05) is 0 Å². The average Bonchev–Trinajstić information content (AvgIpc) is 3.13. The number of amides is 1. The van der Waals surface area contributed by atoms with Crippen LogP contribution in [-0.2, 0) is 10.0 Å². The molecule has 1 aliphatic heterocycles. The number of nitrogens with zero attached hydrogens (tertiary/aromatic N) is 1. The Morgan fingerprint density at radius 2 is 1.77 bits per heavy atom. The summed E-state index contributed by atoms with van der Waals surface area (Å²) < 4.78 is 40.6. The van der Waals surface area contributed by atoms with Crippen molar-refractivity contribution in [2.24, 2.45) is 0 Å². The highest BCUT2D eigenvalue weighted by atomic mass is 35.5. The molecule has 0 atom stereocenters. The van der Waals surface area contributed by atoms with E-state index in [9.17, 15) is 17.6 Å². The second-order valence-corrected chi connectivity index (χ2v) is 8.58. The van der Waals surface area contributed by atoms with Gasteiger partial charge in [-0.25, -0.2) is 12.8 Å². The van der Waals surface area contributed by atoms with Crippen molar-refractivity contribution in [1.29, 1.82) is 0 Å². The lowest BCUT2D eigenvalue weighted by Crippen LogP contribution is -2.29. The van der Waals surface area contributed by atoms with E-state index < -0.39 is 26.6 Å². The molecule has 2 aromatic rings. The van der Waals surface area contributed by atoms with Crippen LogP contribution < -0.4 is 5.32 Å². The van der Waals surface area contributed by atoms with Crippen molar-refractivity contribution in [3.05, 3.63) is 57.8 Å². The van der Waals surface area contributed by atoms with E-state index >= 15 is 0 Å². The number of benzene rings is 2. The molecule has 0 spiro atoms. The first-order valence-electron chi connectivity index (χ1n) is 7.85. The highest BCUT2D eigenvalue weighted by Crippen LogP contribution is 2.27. The molecule has 5 nitrogen and oxygen atoms in total. The van der Waals surface area contributed by atoms with Crippen molar-refractivity contribution in [3.63, 3.8) is 0 Å². The number of sulfonamides is 1. The molecule has 3 rings (SSSR count). The Hall–Kier alpha value is -1.67. The van der Waals surface area contributed by atoms with Crippen LogP contribution in [0, 0.1) is 5.82 Å². The number of carbonyl (C=O) groups is 1. The molecule has 26 heavy (non-hydrogen) atoms. The number of hydrogen-bond donors (Lipinski definition) is 1. The van der Waals surface area contributed by atoms with E-state index in [1.165, 1.54) is 22.5 Å². The zero-order chi connectivity index (χ0) is 18.9. The Bertz CT molecular complexity index is 960. The summed E-state index contributed by atoms with van der Waals surface area (Å²) >= 11 is 11.8. The van der Waals surface area contributed by atoms with Gasteiger partial charge in [0, 0.05) is 23.7 Å². The molecule has 0 radical (unpaired) electrons. The van der Waals surface area contributed by atoms with Gasteiger partial charge in [0.05, 0.1) is 10.7 Å². The summed E-state index contributed by atoms with van der Waals surface area (Å²) in [4.78, 5) is 11.9. The summed E-state index contributed by atoms with van der Waals surface area (Å²) in [6.07, 6.45) is 1.46. The maximum Gasteiger partial charge on any atom is 0.255 e. The highest BCUT2D eigenvalue weighted by Gasteiger charge is 2.30. The van der Waals surface area contributed by atoms with E-state index in [4.69, 9.17) is 23.2 Å². The normalized spacial score (nSPS) is 15.2. The maximum absolute atomic E-state index is 14.1. The Morgan fingerprint density at radius 1 is 1.08 bits per heavy atom. The van der Waals surface area contributed by atoms with Crippen molar-refractivity contribution >= 4 is 44.8 Å². The van der Waals surface area contributed by atoms with E-state index in [1.54, 1.807) is 6.07 Å². The van der Waals surface area contributed by atoms with Crippen LogP contribution in [0.5, 0.6) is 0 Å². The fourth-order valence-electron chi connectivity index (χ4n) is 2.70. The van der Waals surface area contributed by atoms with Crippen molar-refractivity contribution in [2.75, 3.05) is 18.4 Å². The molecule has 1 saturated heterocycles. The molecule has 0 saturated carbocycles. The second-order valence-electron chi connectivity index (χ2n) is 5.83. The van der Waals surface area contributed by atoms with Crippen LogP contribution in [0.15, 0.2) is 41.3 Å². The second kappa shape index (κ2) is 7.52. The van der Waals surface area contributed by atoms with Gasteiger partial charge in [0.25, 0.3) is 5.91 Å². The van der Waals surface area contributed by atoms with Gasteiger partial charge in [-0.1, -0.05) is 23.2 Å². The first-order valence-corrected chi connectivity index (χ1v) is 10.0. The van der Waals surface area contributed by atoms with Crippen LogP contribution in [0.4, 0.5) is 10.1 Å². The minimum Gasteiger partial charge on any atom is -0.321 e. The Balaban J connectivity index is 1.90.